The number of carbonyl (C=O) groups excluding carboxylic acids is 2. The monoisotopic (exact) mass is 479 g/mol. The van der Waals surface area contributed by atoms with E-state index in [-0.39, 0.29) is 21.0 Å². The maximum absolute atomic E-state index is 12.6. The third-order valence-electron chi connectivity index (χ3n) is 4.41. The molecule has 11 heteroatoms. The summed E-state index contributed by atoms with van der Waals surface area (Å²) in [6.45, 7) is 0. The van der Waals surface area contributed by atoms with Gasteiger partial charge in [-0.05, 0) is 23.6 Å². The Bertz CT molecular complexity index is 1370. The fraction of sp³-hybridized carbons (Fsp3) is 0. The number of rotatable bonds is 6. The SMILES string of the molecule is O=C(NNC(=O)c1ccccc1NS(=O)(=O)c1cccs1)c1cnc(-c2ccccc2)nc1. The number of nitrogens with one attached hydrogen (secondary N) is 3. The number of thiophene rings is 1. The highest BCUT2D eigenvalue weighted by Gasteiger charge is 2.20. The van der Waals surface area contributed by atoms with Gasteiger partial charge < -0.3 is 0 Å². The summed E-state index contributed by atoms with van der Waals surface area (Å²) >= 11 is 1.05. The molecule has 0 saturated carbocycles. The molecule has 0 spiro atoms. The highest BCUT2D eigenvalue weighted by molar-refractivity contribution is 7.94. The van der Waals surface area contributed by atoms with E-state index in [0.717, 1.165) is 16.9 Å². The minimum Gasteiger partial charge on any atom is -0.278 e. The predicted molar refractivity (Wildman–Crippen MR) is 124 cm³/mol. The average molecular weight is 480 g/mol. The van der Waals surface area contributed by atoms with Gasteiger partial charge in [0.05, 0.1) is 16.8 Å². The minimum absolute atomic E-state index is 0.0357. The zero-order valence-corrected chi connectivity index (χ0v) is 18.6. The molecule has 0 bridgehead atoms. The summed E-state index contributed by atoms with van der Waals surface area (Å²) in [5, 5.41) is 1.64. The molecular formula is C22H17N5O4S2. The number of para-hydroxylation sites is 1. The van der Waals surface area contributed by atoms with Crippen LogP contribution in [0.3, 0.4) is 0 Å². The molecule has 0 atom stereocenters. The Morgan fingerprint density at radius 3 is 2.15 bits per heavy atom. The van der Waals surface area contributed by atoms with Crippen LogP contribution in [-0.2, 0) is 10.0 Å². The second-order valence-electron chi connectivity index (χ2n) is 6.65. The first kappa shape index (κ1) is 22.1. The summed E-state index contributed by atoms with van der Waals surface area (Å²) in [5.74, 6) is -0.864. The molecule has 0 saturated heterocycles. The summed E-state index contributed by atoms with van der Waals surface area (Å²) in [5.41, 5.74) is 5.62. The quantitative estimate of drug-likeness (QED) is 0.364. The van der Waals surface area contributed by atoms with Gasteiger partial charge in [-0.1, -0.05) is 48.5 Å². The van der Waals surface area contributed by atoms with E-state index in [2.05, 4.69) is 25.5 Å². The van der Waals surface area contributed by atoms with Crippen LogP contribution in [0, 0.1) is 0 Å². The van der Waals surface area contributed by atoms with Crippen molar-refractivity contribution >= 4 is 38.9 Å². The van der Waals surface area contributed by atoms with Crippen LogP contribution in [0.25, 0.3) is 11.4 Å². The highest BCUT2D eigenvalue weighted by Crippen LogP contribution is 2.22. The summed E-state index contributed by atoms with van der Waals surface area (Å²) in [6.07, 6.45) is 2.69. The predicted octanol–water partition coefficient (Wildman–Crippen LogP) is 3.08. The molecule has 0 aliphatic rings. The molecule has 2 heterocycles. The van der Waals surface area contributed by atoms with E-state index in [4.69, 9.17) is 0 Å². The van der Waals surface area contributed by atoms with Crippen LogP contribution in [0.15, 0.2) is 88.7 Å². The molecule has 4 aromatic rings. The molecule has 4 rings (SSSR count). The first-order chi connectivity index (χ1) is 15.9. The van der Waals surface area contributed by atoms with Crippen LogP contribution in [0.5, 0.6) is 0 Å². The fourth-order valence-corrected chi connectivity index (χ4v) is 4.89. The summed E-state index contributed by atoms with van der Waals surface area (Å²) in [6, 6.07) is 18.4. The van der Waals surface area contributed by atoms with Crippen molar-refractivity contribution < 1.29 is 18.0 Å². The van der Waals surface area contributed by atoms with Gasteiger partial charge in [0, 0.05) is 18.0 Å². The van der Waals surface area contributed by atoms with E-state index in [0.29, 0.717) is 5.82 Å². The third kappa shape index (κ3) is 5.22. The molecule has 0 fully saturated rings. The Hall–Kier alpha value is -4.09. The van der Waals surface area contributed by atoms with Crippen molar-refractivity contribution in [1.29, 1.82) is 0 Å². The van der Waals surface area contributed by atoms with Gasteiger partial charge in [0.2, 0.25) is 0 Å². The Kier molecular flexibility index (Phi) is 6.43. The Morgan fingerprint density at radius 1 is 0.788 bits per heavy atom. The molecule has 166 valence electrons. The molecule has 0 unspecified atom stereocenters. The normalized spacial score (nSPS) is 10.9. The second-order valence-corrected chi connectivity index (χ2v) is 9.51. The number of hydrogen-bond acceptors (Lipinski definition) is 7. The van der Waals surface area contributed by atoms with Gasteiger partial charge in [-0.2, -0.15) is 0 Å². The first-order valence-electron chi connectivity index (χ1n) is 9.57. The molecule has 9 nitrogen and oxygen atoms in total. The summed E-state index contributed by atoms with van der Waals surface area (Å²) in [4.78, 5) is 33.4. The molecule has 0 aliphatic heterocycles. The molecular weight excluding hydrogens is 462 g/mol. The van der Waals surface area contributed by atoms with Crippen molar-refractivity contribution in [3.63, 3.8) is 0 Å². The van der Waals surface area contributed by atoms with Crippen molar-refractivity contribution in [2.45, 2.75) is 4.21 Å². The topological polar surface area (TPSA) is 130 Å². The lowest BCUT2D eigenvalue weighted by molar-refractivity contribution is 0.0846. The molecule has 2 aromatic carbocycles. The molecule has 3 N–H and O–H groups in total. The van der Waals surface area contributed by atoms with Crippen molar-refractivity contribution in [2.24, 2.45) is 0 Å². The zero-order valence-electron chi connectivity index (χ0n) is 16.9. The number of amides is 2. The maximum atomic E-state index is 12.6. The minimum atomic E-state index is -3.84. The molecule has 0 aliphatic carbocycles. The average Bonchev–Trinajstić information content (AvgIpc) is 3.39. The number of anilines is 1. The Balaban J connectivity index is 1.42. The van der Waals surface area contributed by atoms with Crippen molar-refractivity contribution in [3.05, 3.63) is 95.6 Å². The van der Waals surface area contributed by atoms with Crippen molar-refractivity contribution in [1.82, 2.24) is 20.8 Å². The lowest BCUT2D eigenvalue weighted by Crippen LogP contribution is -2.42. The smallest absolute Gasteiger partial charge is 0.272 e. The summed E-state index contributed by atoms with van der Waals surface area (Å²) < 4.78 is 27.5. The maximum Gasteiger partial charge on any atom is 0.272 e. The number of hydrogen-bond donors (Lipinski definition) is 3. The third-order valence-corrected chi connectivity index (χ3v) is 7.17. The number of nitrogens with zero attached hydrogens (tertiary/aromatic N) is 2. The van der Waals surface area contributed by atoms with Gasteiger partial charge in [0.1, 0.15) is 4.21 Å². The lowest BCUT2D eigenvalue weighted by Gasteiger charge is -2.12. The van der Waals surface area contributed by atoms with Crippen LogP contribution in [0.4, 0.5) is 5.69 Å². The van der Waals surface area contributed by atoms with Crippen molar-refractivity contribution in [2.75, 3.05) is 4.72 Å². The Labute approximate surface area is 193 Å². The highest BCUT2D eigenvalue weighted by atomic mass is 32.2. The summed E-state index contributed by atoms with van der Waals surface area (Å²) in [7, 11) is -3.84. The first-order valence-corrected chi connectivity index (χ1v) is 11.9. The van der Waals surface area contributed by atoms with E-state index < -0.39 is 21.8 Å². The van der Waals surface area contributed by atoms with Crippen LogP contribution in [-0.4, -0.2) is 30.2 Å². The molecule has 0 radical (unpaired) electrons. The van der Waals surface area contributed by atoms with Gasteiger partial charge in [0.15, 0.2) is 5.82 Å². The molecule has 33 heavy (non-hydrogen) atoms. The van der Waals surface area contributed by atoms with Crippen molar-refractivity contribution in [3.8, 4) is 11.4 Å². The number of aromatic nitrogens is 2. The van der Waals surface area contributed by atoms with Gasteiger partial charge in [-0.3, -0.25) is 25.2 Å². The fourth-order valence-electron chi connectivity index (χ4n) is 2.82. The number of hydrazine groups is 1. The largest absolute Gasteiger partial charge is 0.278 e. The number of benzene rings is 2. The van der Waals surface area contributed by atoms with Crippen LogP contribution < -0.4 is 15.6 Å². The Morgan fingerprint density at radius 2 is 1.45 bits per heavy atom. The second kappa shape index (κ2) is 9.59. The number of sulfonamides is 1. The molecule has 2 amide bonds. The van der Waals surface area contributed by atoms with Gasteiger partial charge in [-0.15, -0.1) is 11.3 Å². The molecule has 2 aromatic heterocycles. The zero-order chi connectivity index (χ0) is 23.3. The lowest BCUT2D eigenvalue weighted by atomic mass is 10.2. The number of carbonyl (C=O) groups is 2. The van der Waals surface area contributed by atoms with Gasteiger partial charge in [0.25, 0.3) is 21.8 Å². The van der Waals surface area contributed by atoms with Crippen LogP contribution in [0.1, 0.15) is 20.7 Å². The van der Waals surface area contributed by atoms with Gasteiger partial charge >= 0.3 is 0 Å². The standard InChI is InChI=1S/C22H17N5O4S2/c28-21(16-13-23-20(24-14-16)15-7-2-1-3-8-15)25-26-22(29)17-9-4-5-10-18(17)27-33(30,31)19-11-6-12-32-19/h1-14,27H,(H,25,28)(H,26,29). The van der Waals surface area contributed by atoms with E-state index in [1.54, 1.807) is 23.6 Å². The van der Waals surface area contributed by atoms with E-state index >= 15 is 0 Å². The van der Waals surface area contributed by atoms with Gasteiger partial charge in [-0.25, -0.2) is 18.4 Å². The van der Waals surface area contributed by atoms with Crippen LogP contribution >= 0.6 is 11.3 Å². The van der Waals surface area contributed by atoms with E-state index in [9.17, 15) is 18.0 Å². The van der Waals surface area contributed by atoms with Crippen LogP contribution in [0.2, 0.25) is 0 Å². The van der Waals surface area contributed by atoms with E-state index in [1.165, 1.54) is 30.6 Å². The van der Waals surface area contributed by atoms with E-state index in [1.807, 2.05) is 30.3 Å².